The summed E-state index contributed by atoms with van der Waals surface area (Å²) >= 11 is 0. The average molecular weight is 752 g/mol. The number of nitrogens with two attached hydrogens (primary N) is 2. The molecular formula is C37H53N9O6S. The number of nitrogens with zero attached hydrogens (tertiary/aromatic N) is 7. The lowest BCUT2D eigenvalue weighted by molar-refractivity contribution is 0.0126. The molecule has 0 saturated carbocycles. The van der Waals surface area contributed by atoms with Crippen LogP contribution in [0.1, 0.15) is 81.1 Å². The van der Waals surface area contributed by atoms with Gasteiger partial charge >= 0.3 is 6.09 Å². The van der Waals surface area contributed by atoms with Crippen LogP contribution in [0.25, 0.3) is 10.9 Å². The van der Waals surface area contributed by atoms with E-state index in [1.54, 1.807) is 58.0 Å². The molecule has 2 aromatic heterocycles. The number of rotatable bonds is 9. The Morgan fingerprint density at radius 1 is 0.925 bits per heavy atom. The van der Waals surface area contributed by atoms with Crippen LogP contribution in [0.3, 0.4) is 0 Å². The van der Waals surface area contributed by atoms with Crippen molar-refractivity contribution in [3.63, 3.8) is 0 Å². The van der Waals surface area contributed by atoms with Crippen LogP contribution in [0.2, 0.25) is 0 Å². The molecule has 2 fully saturated rings. The van der Waals surface area contributed by atoms with E-state index in [1.165, 1.54) is 12.4 Å². The first kappa shape index (κ1) is 39.5. The van der Waals surface area contributed by atoms with E-state index in [0.717, 1.165) is 12.8 Å². The fourth-order valence-electron chi connectivity index (χ4n) is 5.91. The van der Waals surface area contributed by atoms with E-state index in [9.17, 15) is 13.2 Å². The van der Waals surface area contributed by atoms with E-state index in [1.807, 2.05) is 20.8 Å². The standard InChI is InChI=1S/C37H53N9O6S/c1-23(24(2)38)32(39)44-33-28-17-31(53(48,49)37(6,7)8)30(18-29(28)42-22-43-33)50-21-25-9-13-45(14-10-25)34-40-19-27(20-41-34)51-26-11-15-46(16-12-26)35(47)52-36(3,4)5/h17-20,22,25-26H,9-16,21,38H2,1-8H3,(H2,39,42,43,44). The minimum atomic E-state index is -3.84. The van der Waals surface area contributed by atoms with Gasteiger partial charge in [0.2, 0.25) is 5.95 Å². The molecular weight excluding hydrogens is 699 g/mol. The predicted octanol–water partition coefficient (Wildman–Crippen LogP) is 5.31. The summed E-state index contributed by atoms with van der Waals surface area (Å²) in [4.78, 5) is 38.5. The van der Waals surface area contributed by atoms with Gasteiger partial charge in [-0.05, 0) is 80.2 Å². The zero-order chi connectivity index (χ0) is 38.7. The molecule has 1 aromatic carbocycles. The van der Waals surface area contributed by atoms with Gasteiger partial charge in [0.1, 0.15) is 34.5 Å². The Balaban J connectivity index is 1.21. The van der Waals surface area contributed by atoms with Gasteiger partial charge in [0.05, 0.1) is 29.3 Å². The average Bonchev–Trinajstić information content (AvgIpc) is 3.09. The minimum absolute atomic E-state index is 0.0328. The fraction of sp³-hybridized carbons (Fsp3) is 0.568. The Kier molecular flexibility index (Phi) is 11.7. The fourth-order valence-corrected chi connectivity index (χ4v) is 7.22. The van der Waals surface area contributed by atoms with Crippen molar-refractivity contribution in [3.05, 3.63) is 42.1 Å². The number of carbonyl (C=O) groups excluding carboxylic acids is 1. The van der Waals surface area contributed by atoms with Gasteiger partial charge in [-0.1, -0.05) is 0 Å². The largest absolute Gasteiger partial charge is 0.492 e. The number of amides is 1. The SMILES string of the molecule is CC(N)=C(C)C(N)=Nc1ncnc2cc(OCC3CCN(c4ncc(OC5CCN(C(=O)OC(C)(C)C)CC5)cn4)CC3)c(S(=O)(=O)C(C)(C)C)cc12. The van der Waals surface area contributed by atoms with E-state index >= 15 is 0 Å². The number of ether oxygens (including phenoxy) is 3. The van der Waals surface area contributed by atoms with Crippen LogP contribution in [0.15, 0.2) is 52.0 Å². The lowest BCUT2D eigenvalue weighted by atomic mass is 9.98. The second kappa shape index (κ2) is 15.7. The molecule has 0 spiro atoms. The van der Waals surface area contributed by atoms with Gasteiger partial charge in [-0.15, -0.1) is 0 Å². The van der Waals surface area contributed by atoms with Crippen molar-refractivity contribution in [2.45, 2.75) is 102 Å². The van der Waals surface area contributed by atoms with Crippen LogP contribution in [0.5, 0.6) is 11.5 Å². The van der Waals surface area contributed by atoms with Crippen molar-refractivity contribution >= 4 is 44.4 Å². The van der Waals surface area contributed by atoms with Gasteiger partial charge in [-0.3, -0.25) is 0 Å². The first-order chi connectivity index (χ1) is 24.8. The molecule has 5 rings (SSSR count). The highest BCUT2D eigenvalue weighted by Crippen LogP contribution is 2.38. The Morgan fingerprint density at radius 2 is 1.57 bits per heavy atom. The Labute approximate surface area is 312 Å². The van der Waals surface area contributed by atoms with Crippen LogP contribution >= 0.6 is 0 Å². The lowest BCUT2D eigenvalue weighted by Gasteiger charge is -2.33. The van der Waals surface area contributed by atoms with Crippen molar-refractivity contribution in [1.82, 2.24) is 24.8 Å². The number of allylic oxidation sites excluding steroid dienone is 1. The number of likely N-dealkylation sites (tertiary alicyclic amines) is 1. The zero-order valence-electron chi connectivity index (χ0n) is 32.0. The normalized spacial score (nSPS) is 17.5. The molecule has 0 bridgehead atoms. The molecule has 15 nitrogen and oxygen atoms in total. The van der Waals surface area contributed by atoms with Gasteiger partial charge in [-0.25, -0.2) is 38.1 Å². The molecule has 4 N–H and O–H groups in total. The molecule has 0 unspecified atom stereocenters. The summed E-state index contributed by atoms with van der Waals surface area (Å²) in [5.74, 6) is 2.05. The van der Waals surface area contributed by atoms with Crippen LogP contribution in [0, 0.1) is 5.92 Å². The predicted molar refractivity (Wildman–Crippen MR) is 204 cm³/mol. The van der Waals surface area contributed by atoms with Crippen molar-refractivity contribution < 1.29 is 27.4 Å². The molecule has 2 aliphatic rings. The van der Waals surface area contributed by atoms with E-state index in [0.29, 0.717) is 79.5 Å². The number of hydrogen-bond donors (Lipinski definition) is 2. The molecule has 1 amide bonds. The van der Waals surface area contributed by atoms with Crippen LogP contribution in [-0.2, 0) is 14.6 Å². The number of fused-ring (bicyclic) bond motifs is 1. The second-order valence-electron chi connectivity index (χ2n) is 15.7. The summed E-state index contributed by atoms with van der Waals surface area (Å²) in [6.07, 6.45) is 7.43. The van der Waals surface area contributed by atoms with Gasteiger partial charge < -0.3 is 35.5 Å². The summed E-state index contributed by atoms with van der Waals surface area (Å²) in [6, 6.07) is 3.17. The third-order valence-electron chi connectivity index (χ3n) is 9.36. The molecule has 288 valence electrons. The zero-order valence-corrected chi connectivity index (χ0v) is 32.9. The number of carbonyl (C=O) groups is 1. The number of benzene rings is 1. The third kappa shape index (κ3) is 9.64. The van der Waals surface area contributed by atoms with Crippen LogP contribution in [0.4, 0.5) is 16.6 Å². The maximum absolute atomic E-state index is 13.9. The Morgan fingerprint density at radius 3 is 2.15 bits per heavy atom. The minimum Gasteiger partial charge on any atom is -0.492 e. The third-order valence-corrected chi connectivity index (χ3v) is 11.9. The first-order valence-corrected chi connectivity index (χ1v) is 19.5. The number of aromatic nitrogens is 4. The Bertz CT molecular complexity index is 1950. The topological polar surface area (TPSA) is 201 Å². The van der Waals surface area contributed by atoms with E-state index in [2.05, 4.69) is 29.8 Å². The smallest absolute Gasteiger partial charge is 0.410 e. The molecule has 53 heavy (non-hydrogen) atoms. The van der Waals surface area contributed by atoms with Crippen LogP contribution < -0.4 is 25.8 Å². The van der Waals surface area contributed by atoms with Crippen molar-refractivity contribution in [2.75, 3.05) is 37.7 Å². The molecule has 4 heterocycles. The highest BCUT2D eigenvalue weighted by molar-refractivity contribution is 7.92. The molecule has 2 aliphatic heterocycles. The molecule has 2 saturated heterocycles. The summed E-state index contributed by atoms with van der Waals surface area (Å²) in [5, 5.41) is 0.432. The lowest BCUT2D eigenvalue weighted by Crippen LogP contribution is -2.44. The molecule has 3 aromatic rings. The van der Waals surface area contributed by atoms with E-state index < -0.39 is 20.2 Å². The number of piperidine rings is 2. The number of hydrogen-bond acceptors (Lipinski definition) is 13. The summed E-state index contributed by atoms with van der Waals surface area (Å²) < 4.78 is 44.5. The Hall–Kier alpha value is -4.73. The number of sulfone groups is 1. The summed E-state index contributed by atoms with van der Waals surface area (Å²) in [5.41, 5.74) is 13.2. The number of amidine groups is 1. The maximum atomic E-state index is 13.9. The number of aliphatic imine (C=N–C) groups is 1. The van der Waals surface area contributed by atoms with Crippen molar-refractivity contribution in [3.8, 4) is 11.5 Å². The van der Waals surface area contributed by atoms with Gasteiger partial charge in [0.15, 0.2) is 21.4 Å². The van der Waals surface area contributed by atoms with Gasteiger partial charge in [0, 0.05) is 61.7 Å². The monoisotopic (exact) mass is 751 g/mol. The molecule has 0 radical (unpaired) electrons. The van der Waals surface area contributed by atoms with E-state index in [-0.39, 0.29) is 40.4 Å². The first-order valence-electron chi connectivity index (χ1n) is 18.0. The number of anilines is 1. The quantitative estimate of drug-likeness (QED) is 0.211. The van der Waals surface area contributed by atoms with Crippen molar-refractivity contribution in [1.29, 1.82) is 0 Å². The van der Waals surface area contributed by atoms with Crippen molar-refractivity contribution in [2.24, 2.45) is 22.4 Å². The van der Waals surface area contributed by atoms with Gasteiger partial charge in [-0.2, -0.15) is 0 Å². The molecule has 0 aliphatic carbocycles. The highest BCUT2D eigenvalue weighted by Gasteiger charge is 2.35. The van der Waals surface area contributed by atoms with Crippen LogP contribution in [-0.4, -0.2) is 94.4 Å². The summed E-state index contributed by atoms with van der Waals surface area (Å²) in [6.45, 7) is 16.9. The molecule has 0 atom stereocenters. The van der Waals surface area contributed by atoms with Gasteiger partial charge in [0.25, 0.3) is 0 Å². The highest BCUT2D eigenvalue weighted by atomic mass is 32.2. The summed E-state index contributed by atoms with van der Waals surface area (Å²) in [7, 11) is -3.84. The maximum Gasteiger partial charge on any atom is 0.410 e. The second-order valence-corrected chi connectivity index (χ2v) is 18.4. The van der Waals surface area contributed by atoms with E-state index in [4.69, 9.17) is 25.7 Å². The molecule has 16 heteroatoms.